The van der Waals surface area contributed by atoms with E-state index in [9.17, 15) is 9.90 Å². The summed E-state index contributed by atoms with van der Waals surface area (Å²) < 4.78 is 1.58. The highest BCUT2D eigenvalue weighted by Gasteiger charge is 2.28. The van der Waals surface area contributed by atoms with Gasteiger partial charge < -0.3 is 10.0 Å². The van der Waals surface area contributed by atoms with Gasteiger partial charge in [-0.25, -0.2) is 0 Å². The number of aromatic nitrogens is 2. The normalized spacial score (nSPS) is 22.7. The van der Waals surface area contributed by atoms with Crippen molar-refractivity contribution in [1.29, 1.82) is 0 Å². The van der Waals surface area contributed by atoms with Crippen molar-refractivity contribution in [2.75, 3.05) is 7.05 Å². The molecule has 0 spiro atoms. The maximum Gasteiger partial charge on any atom is 0.246 e. The monoisotopic (exact) mass is 311 g/mol. The van der Waals surface area contributed by atoms with Crippen LogP contribution in [0.25, 0.3) is 6.08 Å². The van der Waals surface area contributed by atoms with Crippen LogP contribution in [0.4, 0.5) is 0 Å². The molecule has 6 heteroatoms. The molecule has 1 aromatic heterocycles. The summed E-state index contributed by atoms with van der Waals surface area (Å²) in [6, 6.07) is -0.0960. The molecule has 0 radical (unpaired) electrons. The Hall–Kier alpha value is -1.33. The predicted octanol–water partition coefficient (Wildman–Crippen LogP) is 2.16. The SMILES string of the molecule is Cc1nn(C)c(Cl)c1/C=C/C(=O)N(C)C1CCCCC1O. The van der Waals surface area contributed by atoms with Crippen LogP contribution in [0.2, 0.25) is 5.15 Å². The van der Waals surface area contributed by atoms with Crippen LogP contribution < -0.4 is 0 Å². The second kappa shape index (κ2) is 6.62. The van der Waals surface area contributed by atoms with Crippen LogP contribution in [-0.2, 0) is 11.8 Å². The first kappa shape index (κ1) is 16.0. The molecule has 116 valence electrons. The topological polar surface area (TPSA) is 58.4 Å². The van der Waals surface area contributed by atoms with Crippen LogP contribution >= 0.6 is 11.6 Å². The van der Waals surface area contributed by atoms with Crippen LogP contribution in [0.3, 0.4) is 0 Å². The number of nitrogens with zero attached hydrogens (tertiary/aromatic N) is 3. The Morgan fingerprint density at radius 1 is 1.48 bits per heavy atom. The van der Waals surface area contributed by atoms with Gasteiger partial charge in [-0.05, 0) is 25.8 Å². The van der Waals surface area contributed by atoms with E-state index in [1.54, 1.807) is 29.8 Å². The molecule has 5 nitrogen and oxygen atoms in total. The zero-order valence-corrected chi connectivity index (χ0v) is 13.5. The van der Waals surface area contributed by atoms with E-state index in [2.05, 4.69) is 5.10 Å². The van der Waals surface area contributed by atoms with Gasteiger partial charge in [-0.15, -0.1) is 0 Å². The van der Waals surface area contributed by atoms with Crippen molar-refractivity contribution in [3.8, 4) is 0 Å². The number of aliphatic hydroxyl groups excluding tert-OH is 1. The largest absolute Gasteiger partial charge is 0.391 e. The molecule has 2 atom stereocenters. The highest BCUT2D eigenvalue weighted by atomic mass is 35.5. The van der Waals surface area contributed by atoms with E-state index >= 15 is 0 Å². The van der Waals surface area contributed by atoms with E-state index in [4.69, 9.17) is 11.6 Å². The number of amides is 1. The summed E-state index contributed by atoms with van der Waals surface area (Å²) in [6.07, 6.45) is 6.46. The maximum atomic E-state index is 12.2. The molecule has 21 heavy (non-hydrogen) atoms. The molecule has 1 heterocycles. The summed E-state index contributed by atoms with van der Waals surface area (Å²) in [5.41, 5.74) is 1.54. The minimum Gasteiger partial charge on any atom is -0.391 e. The first-order chi connectivity index (χ1) is 9.91. The quantitative estimate of drug-likeness (QED) is 0.870. The molecule has 0 aromatic carbocycles. The Kier molecular flexibility index (Phi) is 5.06. The summed E-state index contributed by atoms with van der Waals surface area (Å²) in [5, 5.41) is 14.7. The van der Waals surface area contributed by atoms with Crippen LogP contribution in [0.1, 0.15) is 36.9 Å². The standard InChI is InChI=1S/C15H22ClN3O2/c1-10-11(15(16)19(3)17-10)8-9-14(21)18(2)12-6-4-5-7-13(12)20/h8-9,12-13,20H,4-7H2,1-3H3/b9-8+. The summed E-state index contributed by atoms with van der Waals surface area (Å²) in [4.78, 5) is 13.9. The third-order valence-electron chi connectivity index (χ3n) is 4.13. The third-order valence-corrected chi connectivity index (χ3v) is 4.58. The number of carbonyl (C=O) groups excluding carboxylic acids is 1. The highest BCUT2D eigenvalue weighted by molar-refractivity contribution is 6.31. The Balaban J connectivity index is 2.08. The molecule has 2 rings (SSSR count). The summed E-state index contributed by atoms with van der Waals surface area (Å²) >= 11 is 6.13. The molecule has 1 fully saturated rings. The van der Waals surface area contributed by atoms with Gasteiger partial charge in [0.1, 0.15) is 5.15 Å². The van der Waals surface area contributed by atoms with Crippen LogP contribution in [-0.4, -0.2) is 44.9 Å². The first-order valence-electron chi connectivity index (χ1n) is 7.24. The molecular weight excluding hydrogens is 290 g/mol. The number of likely N-dealkylation sites (N-methyl/N-ethyl adjacent to an activating group) is 1. The number of hydrogen-bond acceptors (Lipinski definition) is 3. The van der Waals surface area contributed by atoms with Gasteiger partial charge in [0.25, 0.3) is 0 Å². The molecule has 1 amide bonds. The number of carbonyl (C=O) groups is 1. The van der Waals surface area contributed by atoms with Crippen molar-refractivity contribution >= 4 is 23.6 Å². The molecular formula is C15H22ClN3O2. The smallest absolute Gasteiger partial charge is 0.246 e. The van der Waals surface area contributed by atoms with Crippen molar-refractivity contribution in [3.05, 3.63) is 22.5 Å². The van der Waals surface area contributed by atoms with Crippen molar-refractivity contribution in [2.24, 2.45) is 7.05 Å². The molecule has 2 unspecified atom stereocenters. The lowest BCUT2D eigenvalue weighted by Gasteiger charge is -2.34. The lowest BCUT2D eigenvalue weighted by molar-refractivity contribution is -0.130. The lowest BCUT2D eigenvalue weighted by Crippen LogP contribution is -2.45. The summed E-state index contributed by atoms with van der Waals surface area (Å²) in [7, 11) is 3.50. The fraction of sp³-hybridized carbons (Fsp3) is 0.600. The average molecular weight is 312 g/mol. The highest BCUT2D eigenvalue weighted by Crippen LogP contribution is 2.23. The van der Waals surface area contributed by atoms with E-state index in [1.807, 2.05) is 6.92 Å². The third kappa shape index (κ3) is 3.47. The fourth-order valence-electron chi connectivity index (χ4n) is 2.81. The molecule has 1 saturated carbocycles. The van der Waals surface area contributed by atoms with Crippen molar-refractivity contribution < 1.29 is 9.90 Å². The van der Waals surface area contributed by atoms with Gasteiger partial charge in [-0.1, -0.05) is 24.4 Å². The number of hydrogen-bond donors (Lipinski definition) is 1. The molecule has 1 N–H and O–H groups in total. The Morgan fingerprint density at radius 3 is 2.71 bits per heavy atom. The molecule has 1 aliphatic carbocycles. The molecule has 0 bridgehead atoms. The van der Waals surface area contributed by atoms with Gasteiger partial charge in [-0.2, -0.15) is 5.10 Å². The molecule has 0 aliphatic heterocycles. The van der Waals surface area contributed by atoms with Gasteiger partial charge >= 0.3 is 0 Å². The predicted molar refractivity (Wildman–Crippen MR) is 83.0 cm³/mol. The van der Waals surface area contributed by atoms with Crippen LogP contribution in [0.5, 0.6) is 0 Å². The Labute approximate surface area is 130 Å². The van der Waals surface area contributed by atoms with Gasteiger partial charge in [0, 0.05) is 25.7 Å². The van der Waals surface area contributed by atoms with E-state index in [0.29, 0.717) is 5.15 Å². The van der Waals surface area contributed by atoms with Crippen molar-refractivity contribution in [2.45, 2.75) is 44.8 Å². The lowest BCUT2D eigenvalue weighted by atomic mass is 9.91. The van der Waals surface area contributed by atoms with Crippen molar-refractivity contribution in [3.63, 3.8) is 0 Å². The number of aryl methyl sites for hydroxylation is 2. The summed E-state index contributed by atoms with van der Waals surface area (Å²) in [6.45, 7) is 1.85. The zero-order valence-electron chi connectivity index (χ0n) is 12.7. The van der Waals surface area contributed by atoms with Crippen LogP contribution in [0, 0.1) is 6.92 Å². The number of aliphatic hydroxyl groups is 1. The van der Waals surface area contributed by atoms with Gasteiger partial charge in [0.15, 0.2) is 0 Å². The molecule has 1 aliphatic rings. The van der Waals surface area contributed by atoms with E-state index in [1.165, 1.54) is 6.08 Å². The fourth-order valence-corrected chi connectivity index (χ4v) is 3.05. The van der Waals surface area contributed by atoms with Crippen molar-refractivity contribution in [1.82, 2.24) is 14.7 Å². The van der Waals surface area contributed by atoms with Gasteiger partial charge in [0.2, 0.25) is 5.91 Å². The molecule has 1 aromatic rings. The maximum absolute atomic E-state index is 12.2. The number of rotatable bonds is 3. The Bertz CT molecular complexity index is 553. The Morgan fingerprint density at radius 2 is 2.14 bits per heavy atom. The molecule has 0 saturated heterocycles. The van der Waals surface area contributed by atoms with Gasteiger partial charge in [0.05, 0.1) is 17.8 Å². The van der Waals surface area contributed by atoms with E-state index < -0.39 is 6.10 Å². The average Bonchev–Trinajstić information content (AvgIpc) is 2.69. The minimum atomic E-state index is -0.426. The van der Waals surface area contributed by atoms with E-state index in [0.717, 1.165) is 36.9 Å². The minimum absolute atomic E-state index is 0.0960. The second-order valence-corrected chi connectivity index (χ2v) is 5.97. The van der Waals surface area contributed by atoms with Crippen LogP contribution in [0.15, 0.2) is 6.08 Å². The van der Waals surface area contributed by atoms with E-state index in [-0.39, 0.29) is 11.9 Å². The number of halogens is 1. The first-order valence-corrected chi connectivity index (χ1v) is 7.61. The second-order valence-electron chi connectivity index (χ2n) is 5.62. The summed E-state index contributed by atoms with van der Waals surface area (Å²) in [5.74, 6) is -0.125. The van der Waals surface area contributed by atoms with Gasteiger partial charge in [-0.3, -0.25) is 9.48 Å². The zero-order chi connectivity index (χ0) is 15.6.